The van der Waals surface area contributed by atoms with Crippen molar-refractivity contribution in [2.75, 3.05) is 7.11 Å². The second-order valence-corrected chi connectivity index (χ2v) is 9.46. The number of carbonyl (C=O) groups excluding carboxylic acids is 1. The minimum absolute atomic E-state index is 0.188. The van der Waals surface area contributed by atoms with E-state index in [9.17, 15) is 4.79 Å². The Labute approximate surface area is 217 Å². The molecule has 0 spiro atoms. The lowest BCUT2D eigenvalue weighted by atomic mass is 10.2. The summed E-state index contributed by atoms with van der Waals surface area (Å²) in [5, 5.41) is 12.8. The zero-order valence-corrected chi connectivity index (χ0v) is 21.6. The summed E-state index contributed by atoms with van der Waals surface area (Å²) in [6, 6.07) is 14.4. The molecule has 0 unspecified atom stereocenters. The van der Waals surface area contributed by atoms with Crippen LogP contribution in [0, 0.1) is 13.8 Å². The van der Waals surface area contributed by atoms with E-state index < -0.39 is 0 Å². The van der Waals surface area contributed by atoms with Crippen molar-refractivity contribution >= 4 is 40.9 Å². The molecule has 11 heteroatoms. The molecule has 2 aromatic heterocycles. The Morgan fingerprint density at radius 1 is 1.06 bits per heavy atom. The van der Waals surface area contributed by atoms with Gasteiger partial charge in [-0.25, -0.2) is 14.6 Å². The first-order valence-electron chi connectivity index (χ1n) is 10.6. The van der Waals surface area contributed by atoms with Crippen molar-refractivity contribution in [1.29, 1.82) is 0 Å². The van der Waals surface area contributed by atoms with E-state index in [1.54, 1.807) is 30.0 Å². The van der Waals surface area contributed by atoms with Crippen LogP contribution < -0.4 is 10.1 Å². The minimum Gasteiger partial charge on any atom is -0.496 e. The number of methoxy groups -OCH3 is 1. The number of halogens is 2. The van der Waals surface area contributed by atoms with Gasteiger partial charge in [-0.1, -0.05) is 58.4 Å². The van der Waals surface area contributed by atoms with Gasteiger partial charge in [-0.2, -0.15) is 0 Å². The maximum Gasteiger partial charge on any atom is 0.274 e. The van der Waals surface area contributed by atoms with Gasteiger partial charge in [-0.15, -0.1) is 5.10 Å². The third-order valence-electron chi connectivity index (χ3n) is 5.00. The number of hydrogen-bond donors (Lipinski definition) is 1. The number of hydrogen-bond acceptors (Lipinski definition) is 7. The first kappa shape index (κ1) is 25.0. The third kappa shape index (κ3) is 6.11. The number of amides is 1. The average molecular weight is 529 g/mol. The van der Waals surface area contributed by atoms with E-state index in [1.165, 1.54) is 11.8 Å². The standard InChI is InChI=1S/C24H22Cl2N6O2S/c1-14-8-15(2)29-24(28-14)35-13-20-22(23(33)27-12-16-6-4-5-7-21(16)34-3)30-31-32(20)19-10-17(25)9-18(26)11-19/h4-11H,12-13H2,1-3H3,(H,27,33). The molecular formula is C24H22Cl2N6O2S. The molecule has 2 aromatic carbocycles. The minimum atomic E-state index is -0.368. The van der Waals surface area contributed by atoms with Gasteiger partial charge in [-0.3, -0.25) is 4.79 Å². The molecular weight excluding hydrogens is 507 g/mol. The Bertz CT molecular complexity index is 1340. The van der Waals surface area contributed by atoms with Gasteiger partial charge in [0.2, 0.25) is 0 Å². The Kier molecular flexibility index (Phi) is 7.90. The largest absolute Gasteiger partial charge is 0.496 e. The number of thioether (sulfide) groups is 1. The molecule has 35 heavy (non-hydrogen) atoms. The highest BCUT2D eigenvalue weighted by Gasteiger charge is 2.22. The third-order valence-corrected chi connectivity index (χ3v) is 6.30. The Hall–Kier alpha value is -3.14. The summed E-state index contributed by atoms with van der Waals surface area (Å²) in [6.45, 7) is 4.09. The van der Waals surface area contributed by atoms with Gasteiger partial charge in [0.05, 0.1) is 18.5 Å². The van der Waals surface area contributed by atoms with Crippen LogP contribution in [-0.2, 0) is 12.3 Å². The van der Waals surface area contributed by atoms with Crippen LogP contribution in [0.3, 0.4) is 0 Å². The molecule has 4 aromatic rings. The fourth-order valence-electron chi connectivity index (χ4n) is 3.48. The molecule has 0 aliphatic heterocycles. The van der Waals surface area contributed by atoms with E-state index in [2.05, 4.69) is 25.6 Å². The van der Waals surface area contributed by atoms with Crippen LogP contribution in [0.1, 0.15) is 33.1 Å². The predicted molar refractivity (Wildman–Crippen MR) is 137 cm³/mol. The van der Waals surface area contributed by atoms with Gasteiger partial charge in [0.25, 0.3) is 5.91 Å². The highest BCUT2D eigenvalue weighted by molar-refractivity contribution is 7.98. The molecule has 1 N–H and O–H groups in total. The van der Waals surface area contributed by atoms with Crippen molar-refractivity contribution in [2.45, 2.75) is 31.3 Å². The van der Waals surface area contributed by atoms with Crippen molar-refractivity contribution in [3.05, 3.63) is 86.9 Å². The SMILES string of the molecule is COc1ccccc1CNC(=O)c1nnn(-c2cc(Cl)cc(Cl)c2)c1CSc1nc(C)cc(C)n1. The van der Waals surface area contributed by atoms with Gasteiger partial charge in [0, 0.05) is 39.3 Å². The number of rotatable bonds is 8. The molecule has 0 fully saturated rings. The molecule has 0 atom stereocenters. The molecule has 0 radical (unpaired) electrons. The fourth-order valence-corrected chi connectivity index (χ4v) is 4.93. The van der Waals surface area contributed by atoms with Crippen molar-refractivity contribution in [2.24, 2.45) is 0 Å². The van der Waals surface area contributed by atoms with E-state index in [0.717, 1.165) is 17.0 Å². The highest BCUT2D eigenvalue weighted by atomic mass is 35.5. The summed E-state index contributed by atoms with van der Waals surface area (Å²) < 4.78 is 6.93. The summed E-state index contributed by atoms with van der Waals surface area (Å²) in [4.78, 5) is 22.1. The zero-order chi connectivity index (χ0) is 24.9. The van der Waals surface area contributed by atoms with E-state index >= 15 is 0 Å². The first-order chi connectivity index (χ1) is 16.8. The second kappa shape index (κ2) is 11.1. The van der Waals surface area contributed by atoms with Crippen LogP contribution in [0.25, 0.3) is 5.69 Å². The zero-order valence-electron chi connectivity index (χ0n) is 19.2. The molecule has 1 amide bonds. The van der Waals surface area contributed by atoms with E-state index in [-0.39, 0.29) is 18.1 Å². The predicted octanol–water partition coefficient (Wildman–Crippen LogP) is 5.21. The smallest absolute Gasteiger partial charge is 0.274 e. The number of nitrogens with one attached hydrogen (secondary N) is 1. The van der Waals surface area contributed by atoms with Gasteiger partial charge in [-0.05, 0) is 44.2 Å². The van der Waals surface area contributed by atoms with Gasteiger partial charge in [0.15, 0.2) is 10.9 Å². The molecule has 2 heterocycles. The van der Waals surface area contributed by atoms with Gasteiger partial charge in [0.1, 0.15) is 5.75 Å². The van der Waals surface area contributed by atoms with E-state index in [0.29, 0.717) is 38.1 Å². The summed E-state index contributed by atoms with van der Waals surface area (Å²) in [6.07, 6.45) is 0. The summed E-state index contributed by atoms with van der Waals surface area (Å²) >= 11 is 13.8. The van der Waals surface area contributed by atoms with Crippen LogP contribution in [0.4, 0.5) is 0 Å². The maximum absolute atomic E-state index is 13.2. The van der Waals surface area contributed by atoms with Crippen molar-refractivity contribution in [3.63, 3.8) is 0 Å². The normalized spacial score (nSPS) is 10.9. The number of para-hydroxylation sites is 1. The van der Waals surface area contributed by atoms with Crippen LogP contribution in [0.15, 0.2) is 53.7 Å². The molecule has 8 nitrogen and oxygen atoms in total. The maximum atomic E-state index is 13.2. The van der Waals surface area contributed by atoms with Crippen molar-refractivity contribution in [3.8, 4) is 11.4 Å². The first-order valence-corrected chi connectivity index (χ1v) is 12.3. The van der Waals surface area contributed by atoms with E-state index in [4.69, 9.17) is 27.9 Å². The Balaban J connectivity index is 1.65. The number of ether oxygens (including phenoxy) is 1. The number of nitrogens with zero attached hydrogens (tertiary/aromatic N) is 5. The Morgan fingerprint density at radius 3 is 2.43 bits per heavy atom. The second-order valence-electron chi connectivity index (χ2n) is 7.64. The fraction of sp³-hybridized carbons (Fsp3) is 0.208. The monoisotopic (exact) mass is 528 g/mol. The van der Waals surface area contributed by atoms with Crippen LogP contribution >= 0.6 is 35.0 Å². The van der Waals surface area contributed by atoms with Crippen LogP contribution in [0.5, 0.6) is 5.75 Å². The number of benzene rings is 2. The molecule has 4 rings (SSSR count). The van der Waals surface area contributed by atoms with Gasteiger partial charge >= 0.3 is 0 Å². The lowest BCUT2D eigenvalue weighted by Crippen LogP contribution is -2.24. The molecule has 0 aliphatic carbocycles. The van der Waals surface area contributed by atoms with Crippen LogP contribution in [0.2, 0.25) is 10.0 Å². The molecule has 0 saturated carbocycles. The van der Waals surface area contributed by atoms with Crippen molar-refractivity contribution < 1.29 is 9.53 Å². The number of aryl methyl sites for hydroxylation is 2. The van der Waals surface area contributed by atoms with Crippen LogP contribution in [-0.4, -0.2) is 38.0 Å². The summed E-state index contributed by atoms with van der Waals surface area (Å²) in [5.74, 6) is 0.664. The van der Waals surface area contributed by atoms with E-state index in [1.807, 2.05) is 44.2 Å². The topological polar surface area (TPSA) is 94.8 Å². The Morgan fingerprint density at radius 2 is 1.74 bits per heavy atom. The lowest BCUT2D eigenvalue weighted by molar-refractivity contribution is 0.0945. The highest BCUT2D eigenvalue weighted by Crippen LogP contribution is 2.27. The quantitative estimate of drug-likeness (QED) is 0.247. The number of carbonyl (C=O) groups is 1. The summed E-state index contributed by atoms with van der Waals surface area (Å²) in [7, 11) is 1.59. The molecule has 0 aliphatic rings. The lowest BCUT2D eigenvalue weighted by Gasteiger charge is -2.11. The average Bonchev–Trinajstić information content (AvgIpc) is 3.24. The molecule has 180 valence electrons. The molecule has 0 bridgehead atoms. The van der Waals surface area contributed by atoms with Crippen molar-refractivity contribution in [1.82, 2.24) is 30.3 Å². The number of aromatic nitrogens is 5. The van der Waals surface area contributed by atoms with Gasteiger partial charge < -0.3 is 10.1 Å². The molecule has 0 saturated heterocycles. The summed E-state index contributed by atoms with van der Waals surface area (Å²) in [5.41, 5.74) is 3.92.